The number of hydrogen-bond acceptors (Lipinski definition) is 5. The van der Waals surface area contributed by atoms with Gasteiger partial charge in [-0.05, 0) is 0 Å². The van der Waals surface area contributed by atoms with Gasteiger partial charge in [-0.25, -0.2) is 0 Å². The van der Waals surface area contributed by atoms with Crippen LogP contribution < -0.4 is 11.5 Å². The molecule has 0 bridgehead atoms. The van der Waals surface area contributed by atoms with Crippen molar-refractivity contribution in [3.05, 3.63) is 0 Å². The van der Waals surface area contributed by atoms with E-state index in [2.05, 4.69) is 4.74 Å². The van der Waals surface area contributed by atoms with Gasteiger partial charge in [-0.2, -0.15) is 0 Å². The molecule has 1 rings (SSSR count). The Morgan fingerprint density at radius 3 is 2.30 bits per heavy atom. The summed E-state index contributed by atoms with van der Waals surface area (Å²) in [5.74, 6) is 0. The van der Waals surface area contributed by atoms with Gasteiger partial charge in [-0.3, -0.25) is 0 Å². The smallest absolute Gasteiger partial charge is 0.171 e. The molecule has 10 heavy (non-hydrogen) atoms. The van der Waals surface area contributed by atoms with E-state index in [4.69, 9.17) is 21.7 Å². The van der Waals surface area contributed by atoms with Crippen LogP contribution in [0.5, 0.6) is 0 Å². The quantitative estimate of drug-likeness (QED) is 0.300. The summed E-state index contributed by atoms with van der Waals surface area (Å²) in [6, 6.07) is -1.28. The molecule has 5 heteroatoms. The molecule has 6 N–H and O–H groups in total. The molecule has 1 heterocycles. The molecule has 0 radical (unpaired) electrons. The first kappa shape index (κ1) is 7.90. The Labute approximate surface area is 58.6 Å². The maximum Gasteiger partial charge on any atom is 0.171 e. The van der Waals surface area contributed by atoms with Gasteiger partial charge in [0.15, 0.2) is 6.29 Å². The Hall–Kier alpha value is -0.200. The summed E-state index contributed by atoms with van der Waals surface area (Å²) in [7, 11) is 0. The summed E-state index contributed by atoms with van der Waals surface area (Å²) in [4.78, 5) is 0. The van der Waals surface area contributed by atoms with E-state index in [1.165, 1.54) is 0 Å². The second-order valence-electron chi connectivity index (χ2n) is 2.45. The third-order valence-corrected chi connectivity index (χ3v) is 1.66. The highest BCUT2D eigenvalue weighted by Gasteiger charge is 2.33. The third kappa shape index (κ3) is 1.28. The largest absolute Gasteiger partial charge is 0.389 e. The van der Waals surface area contributed by atoms with Gasteiger partial charge in [0.05, 0.1) is 24.8 Å². The highest BCUT2D eigenvalue weighted by molar-refractivity contribution is 4.88. The molecule has 4 atom stereocenters. The van der Waals surface area contributed by atoms with Gasteiger partial charge in [0.1, 0.15) is 0 Å². The van der Waals surface area contributed by atoms with Crippen LogP contribution in [-0.4, -0.2) is 41.3 Å². The summed E-state index contributed by atoms with van der Waals surface area (Å²) in [6.07, 6.45) is -1.81. The van der Waals surface area contributed by atoms with Crippen molar-refractivity contribution in [1.82, 2.24) is 0 Å². The van der Waals surface area contributed by atoms with Gasteiger partial charge in [-0.1, -0.05) is 0 Å². The topological polar surface area (TPSA) is 102 Å². The summed E-state index contributed by atoms with van der Waals surface area (Å²) in [5, 5.41) is 18.0. The van der Waals surface area contributed by atoms with Crippen molar-refractivity contribution in [2.75, 3.05) is 6.61 Å². The Kier molecular flexibility index (Phi) is 2.22. The van der Waals surface area contributed by atoms with Gasteiger partial charge in [0.25, 0.3) is 0 Å². The molecule has 0 amide bonds. The first-order valence-corrected chi connectivity index (χ1v) is 3.12. The number of nitrogens with two attached hydrogens (primary N) is 2. The number of ether oxygens (including phenoxy) is 1. The Balaban J connectivity index is 2.52. The normalized spacial score (nSPS) is 49.2. The van der Waals surface area contributed by atoms with Crippen molar-refractivity contribution < 1.29 is 14.9 Å². The first-order chi connectivity index (χ1) is 4.63. The molecule has 1 aliphatic rings. The molecular formula is C5H12N2O3. The molecule has 1 aliphatic heterocycles. The van der Waals surface area contributed by atoms with E-state index < -0.39 is 24.5 Å². The second kappa shape index (κ2) is 2.81. The molecular weight excluding hydrogens is 136 g/mol. The molecule has 0 aromatic carbocycles. The summed E-state index contributed by atoms with van der Waals surface area (Å²) in [5.41, 5.74) is 10.7. The number of aliphatic hydroxyl groups is 2. The fourth-order valence-corrected chi connectivity index (χ4v) is 0.866. The first-order valence-electron chi connectivity index (χ1n) is 3.12. The monoisotopic (exact) mass is 148 g/mol. The lowest BCUT2D eigenvalue weighted by molar-refractivity contribution is -0.173. The van der Waals surface area contributed by atoms with Crippen molar-refractivity contribution in [3.8, 4) is 0 Å². The van der Waals surface area contributed by atoms with Gasteiger partial charge in [0.2, 0.25) is 0 Å². The molecule has 1 saturated heterocycles. The SMILES string of the molecule is N[C@@H]1[C@H](N)[C@@H](O)OC[C@H]1O. The Bertz CT molecular complexity index is 107. The highest BCUT2D eigenvalue weighted by atomic mass is 16.6. The maximum absolute atomic E-state index is 9.02. The number of hydrogen-bond donors (Lipinski definition) is 4. The van der Waals surface area contributed by atoms with E-state index in [1.54, 1.807) is 0 Å². The van der Waals surface area contributed by atoms with Crippen LogP contribution in [0.3, 0.4) is 0 Å². The van der Waals surface area contributed by atoms with Gasteiger partial charge in [-0.15, -0.1) is 0 Å². The predicted molar refractivity (Wildman–Crippen MR) is 33.9 cm³/mol. The summed E-state index contributed by atoms with van der Waals surface area (Å²) < 4.78 is 4.67. The van der Waals surface area contributed by atoms with Crippen LogP contribution in [0.15, 0.2) is 0 Å². The summed E-state index contributed by atoms with van der Waals surface area (Å²) in [6.45, 7) is 0.0516. The van der Waals surface area contributed by atoms with E-state index in [9.17, 15) is 0 Å². The van der Waals surface area contributed by atoms with Crippen molar-refractivity contribution >= 4 is 0 Å². The number of rotatable bonds is 0. The van der Waals surface area contributed by atoms with Crippen molar-refractivity contribution in [2.45, 2.75) is 24.5 Å². The van der Waals surface area contributed by atoms with E-state index >= 15 is 0 Å². The molecule has 5 nitrogen and oxygen atoms in total. The van der Waals surface area contributed by atoms with Gasteiger partial charge in [0, 0.05) is 0 Å². The zero-order valence-electron chi connectivity index (χ0n) is 5.47. The molecule has 0 aromatic heterocycles. The van der Waals surface area contributed by atoms with E-state index in [1.807, 2.05) is 0 Å². The number of aliphatic hydroxyl groups excluding tert-OH is 2. The minimum absolute atomic E-state index is 0.0516. The highest BCUT2D eigenvalue weighted by Crippen LogP contribution is 2.09. The molecule has 0 saturated carbocycles. The fraction of sp³-hybridized carbons (Fsp3) is 1.00. The lowest BCUT2D eigenvalue weighted by atomic mass is 10.0. The molecule has 0 aliphatic carbocycles. The van der Waals surface area contributed by atoms with Crippen LogP contribution in [0.2, 0.25) is 0 Å². The van der Waals surface area contributed by atoms with Gasteiger partial charge >= 0.3 is 0 Å². The minimum atomic E-state index is -1.04. The lowest BCUT2D eigenvalue weighted by Crippen LogP contribution is -2.61. The van der Waals surface area contributed by atoms with Crippen molar-refractivity contribution in [2.24, 2.45) is 11.5 Å². The third-order valence-electron chi connectivity index (χ3n) is 1.66. The van der Waals surface area contributed by atoms with Crippen LogP contribution in [-0.2, 0) is 4.74 Å². The van der Waals surface area contributed by atoms with Crippen LogP contribution in [0.25, 0.3) is 0 Å². The lowest BCUT2D eigenvalue weighted by Gasteiger charge is -2.33. The standard InChI is InChI=1S/C5H12N2O3/c6-3-2(8)1-10-5(9)4(3)7/h2-5,8-9H,1,6-7H2/t2-,3+,4+,5+/m1/s1. The molecule has 0 spiro atoms. The minimum Gasteiger partial charge on any atom is -0.389 e. The molecule has 1 fully saturated rings. The summed E-state index contributed by atoms with van der Waals surface area (Å²) >= 11 is 0. The van der Waals surface area contributed by atoms with Crippen molar-refractivity contribution in [3.63, 3.8) is 0 Å². The zero-order chi connectivity index (χ0) is 7.72. The van der Waals surface area contributed by atoms with Crippen LogP contribution in [0.4, 0.5) is 0 Å². The fourth-order valence-electron chi connectivity index (χ4n) is 0.866. The molecule has 0 unspecified atom stereocenters. The van der Waals surface area contributed by atoms with E-state index in [0.29, 0.717) is 0 Å². The van der Waals surface area contributed by atoms with E-state index in [0.717, 1.165) is 0 Å². The average molecular weight is 148 g/mol. The van der Waals surface area contributed by atoms with Crippen molar-refractivity contribution in [1.29, 1.82) is 0 Å². The van der Waals surface area contributed by atoms with Crippen LogP contribution in [0, 0.1) is 0 Å². The Morgan fingerprint density at radius 2 is 1.80 bits per heavy atom. The van der Waals surface area contributed by atoms with Crippen LogP contribution in [0.1, 0.15) is 0 Å². The Morgan fingerprint density at radius 1 is 1.20 bits per heavy atom. The molecule has 60 valence electrons. The second-order valence-corrected chi connectivity index (χ2v) is 2.45. The average Bonchev–Trinajstić information content (AvgIpc) is 1.93. The predicted octanol–water partition coefficient (Wildman–Crippen LogP) is -2.65. The maximum atomic E-state index is 9.02. The van der Waals surface area contributed by atoms with Crippen LogP contribution >= 0.6 is 0 Å². The van der Waals surface area contributed by atoms with E-state index in [-0.39, 0.29) is 6.61 Å². The van der Waals surface area contributed by atoms with Gasteiger partial charge < -0.3 is 26.4 Å². The zero-order valence-corrected chi connectivity index (χ0v) is 5.47. The molecule has 0 aromatic rings.